The molecule has 2 atom stereocenters. The van der Waals surface area contributed by atoms with Gasteiger partial charge >= 0.3 is 11.9 Å². The van der Waals surface area contributed by atoms with E-state index in [-0.39, 0.29) is 17.8 Å². The van der Waals surface area contributed by atoms with Gasteiger partial charge in [-0.25, -0.2) is 0 Å². The van der Waals surface area contributed by atoms with Gasteiger partial charge in [0.1, 0.15) is 0 Å². The topological polar surface area (TPSA) is 63.6 Å². The van der Waals surface area contributed by atoms with E-state index >= 15 is 0 Å². The van der Waals surface area contributed by atoms with Crippen LogP contribution in [0.25, 0.3) is 0 Å². The summed E-state index contributed by atoms with van der Waals surface area (Å²) < 4.78 is 4.64. The van der Waals surface area contributed by atoms with Gasteiger partial charge in [-0.15, -0.1) is 0 Å². The molecule has 0 aliphatic carbocycles. The highest BCUT2D eigenvalue weighted by molar-refractivity contribution is 5.71. The molecule has 4 nitrogen and oxygen atoms in total. The lowest BCUT2D eigenvalue weighted by Gasteiger charge is -2.09. The van der Waals surface area contributed by atoms with Crippen LogP contribution in [-0.4, -0.2) is 24.2 Å². The summed E-state index contributed by atoms with van der Waals surface area (Å²) in [5.41, 5.74) is 0. The summed E-state index contributed by atoms with van der Waals surface area (Å²) in [4.78, 5) is 21.7. The van der Waals surface area contributed by atoms with E-state index in [1.807, 2.05) is 6.92 Å². The lowest BCUT2D eigenvalue weighted by Crippen LogP contribution is -2.12. The lowest BCUT2D eigenvalue weighted by molar-refractivity contribution is -0.145. The van der Waals surface area contributed by atoms with Crippen LogP contribution >= 0.6 is 0 Å². The molecule has 0 aliphatic rings. The second-order valence-corrected chi connectivity index (χ2v) is 4.66. The molecule has 0 fully saturated rings. The first-order valence-corrected chi connectivity index (χ1v) is 6.29. The number of carbonyl (C=O) groups is 2. The lowest BCUT2D eigenvalue weighted by atomic mass is 10.00. The number of rotatable bonds is 9. The van der Waals surface area contributed by atoms with E-state index in [0.29, 0.717) is 0 Å². The van der Waals surface area contributed by atoms with Crippen molar-refractivity contribution in [3.05, 3.63) is 0 Å². The van der Waals surface area contributed by atoms with Crippen molar-refractivity contribution in [2.75, 3.05) is 7.11 Å². The van der Waals surface area contributed by atoms with Gasteiger partial charge in [-0.05, 0) is 12.8 Å². The molecule has 0 heterocycles. The van der Waals surface area contributed by atoms with Gasteiger partial charge in [0.15, 0.2) is 0 Å². The van der Waals surface area contributed by atoms with Crippen molar-refractivity contribution < 1.29 is 19.4 Å². The number of ether oxygens (including phenoxy) is 1. The van der Waals surface area contributed by atoms with Gasteiger partial charge in [-0.3, -0.25) is 9.59 Å². The van der Waals surface area contributed by atoms with E-state index in [1.165, 1.54) is 7.11 Å². The molecule has 0 radical (unpaired) electrons. The fourth-order valence-electron chi connectivity index (χ4n) is 1.70. The van der Waals surface area contributed by atoms with Crippen LogP contribution in [0.15, 0.2) is 0 Å². The highest BCUT2D eigenvalue weighted by atomic mass is 16.5. The summed E-state index contributed by atoms with van der Waals surface area (Å²) in [6.45, 7) is 3.61. The SMILES string of the molecule is COC(=O)C(C)CCCCCCC(C)C(=O)O. The van der Waals surface area contributed by atoms with Crippen molar-refractivity contribution in [3.8, 4) is 0 Å². The van der Waals surface area contributed by atoms with Gasteiger partial charge in [0.25, 0.3) is 0 Å². The smallest absolute Gasteiger partial charge is 0.308 e. The van der Waals surface area contributed by atoms with Gasteiger partial charge in [-0.1, -0.05) is 39.5 Å². The predicted molar refractivity (Wildman–Crippen MR) is 65.7 cm³/mol. The number of hydrogen-bond acceptors (Lipinski definition) is 3. The summed E-state index contributed by atoms with van der Waals surface area (Å²) in [5, 5.41) is 8.69. The van der Waals surface area contributed by atoms with Crippen LogP contribution in [0.3, 0.4) is 0 Å². The molecule has 0 saturated carbocycles. The van der Waals surface area contributed by atoms with Crippen molar-refractivity contribution in [1.82, 2.24) is 0 Å². The number of hydrogen-bond donors (Lipinski definition) is 1. The summed E-state index contributed by atoms with van der Waals surface area (Å²) in [6.07, 6.45) is 5.61. The Morgan fingerprint density at radius 2 is 1.47 bits per heavy atom. The molecule has 0 rings (SSSR count). The molecule has 100 valence electrons. The van der Waals surface area contributed by atoms with Crippen molar-refractivity contribution in [2.45, 2.75) is 52.4 Å². The first kappa shape index (κ1) is 15.9. The van der Waals surface area contributed by atoms with Gasteiger partial charge in [0, 0.05) is 0 Å². The monoisotopic (exact) mass is 244 g/mol. The Kier molecular flexibility index (Phi) is 8.46. The molecule has 0 aromatic carbocycles. The molecule has 0 aliphatic heterocycles. The zero-order valence-electron chi connectivity index (χ0n) is 11.1. The van der Waals surface area contributed by atoms with Crippen molar-refractivity contribution in [1.29, 1.82) is 0 Å². The highest BCUT2D eigenvalue weighted by Gasteiger charge is 2.12. The van der Waals surface area contributed by atoms with Crippen LogP contribution in [0.5, 0.6) is 0 Å². The molecule has 0 saturated heterocycles. The third-order valence-electron chi connectivity index (χ3n) is 3.05. The molecule has 2 unspecified atom stereocenters. The Bertz CT molecular complexity index is 238. The van der Waals surface area contributed by atoms with Crippen LogP contribution < -0.4 is 0 Å². The number of carbonyl (C=O) groups excluding carboxylic acids is 1. The molecule has 4 heteroatoms. The minimum atomic E-state index is -0.718. The van der Waals surface area contributed by atoms with Crippen LogP contribution in [0.4, 0.5) is 0 Å². The van der Waals surface area contributed by atoms with Crippen LogP contribution in [0.1, 0.15) is 52.4 Å². The van der Waals surface area contributed by atoms with E-state index < -0.39 is 5.97 Å². The molecule has 0 spiro atoms. The van der Waals surface area contributed by atoms with E-state index in [0.717, 1.165) is 38.5 Å². The number of unbranched alkanes of at least 4 members (excludes halogenated alkanes) is 3. The van der Waals surface area contributed by atoms with Crippen LogP contribution in [-0.2, 0) is 14.3 Å². The normalized spacial score (nSPS) is 14.1. The first-order valence-electron chi connectivity index (χ1n) is 6.29. The predicted octanol–water partition coefficient (Wildman–Crippen LogP) is 2.86. The Hall–Kier alpha value is -1.06. The van der Waals surface area contributed by atoms with Crippen molar-refractivity contribution >= 4 is 11.9 Å². The van der Waals surface area contributed by atoms with Crippen LogP contribution in [0, 0.1) is 11.8 Å². The zero-order valence-corrected chi connectivity index (χ0v) is 11.1. The van der Waals surface area contributed by atoms with E-state index in [4.69, 9.17) is 5.11 Å². The third kappa shape index (κ3) is 7.77. The summed E-state index contributed by atoms with van der Waals surface area (Å²) >= 11 is 0. The average molecular weight is 244 g/mol. The maximum atomic E-state index is 11.1. The number of carboxylic acids is 1. The number of esters is 1. The quantitative estimate of drug-likeness (QED) is 0.500. The minimum Gasteiger partial charge on any atom is -0.481 e. The third-order valence-corrected chi connectivity index (χ3v) is 3.05. The molecule has 0 amide bonds. The van der Waals surface area contributed by atoms with Gasteiger partial charge in [0.05, 0.1) is 18.9 Å². The fourth-order valence-corrected chi connectivity index (χ4v) is 1.70. The summed E-state index contributed by atoms with van der Waals surface area (Å²) in [7, 11) is 1.41. The van der Waals surface area contributed by atoms with Crippen molar-refractivity contribution in [2.24, 2.45) is 11.8 Å². The molecule has 0 aromatic heterocycles. The number of methoxy groups -OCH3 is 1. The standard InChI is InChI=1S/C13H24O4/c1-10(12(14)15)8-6-4-5-7-9-11(2)13(16)17-3/h10-11H,4-9H2,1-3H3,(H,14,15). The molecule has 0 aromatic rings. The second-order valence-electron chi connectivity index (χ2n) is 4.66. The summed E-state index contributed by atoms with van der Waals surface area (Å²) in [6, 6.07) is 0. The highest BCUT2D eigenvalue weighted by Crippen LogP contribution is 2.14. The Morgan fingerprint density at radius 3 is 1.88 bits per heavy atom. The summed E-state index contributed by atoms with van der Waals surface area (Å²) in [5.74, 6) is -1.14. The molecular formula is C13H24O4. The van der Waals surface area contributed by atoms with Crippen molar-refractivity contribution in [3.63, 3.8) is 0 Å². The van der Waals surface area contributed by atoms with E-state index in [1.54, 1.807) is 6.92 Å². The Balaban J connectivity index is 3.41. The second kappa shape index (κ2) is 9.02. The van der Waals surface area contributed by atoms with E-state index in [9.17, 15) is 9.59 Å². The molecule has 1 N–H and O–H groups in total. The molecule has 0 bridgehead atoms. The maximum Gasteiger partial charge on any atom is 0.308 e. The zero-order chi connectivity index (χ0) is 13.3. The minimum absolute atomic E-state index is 0.0297. The van der Waals surface area contributed by atoms with Gasteiger partial charge in [0.2, 0.25) is 0 Å². The fraction of sp³-hybridized carbons (Fsp3) is 0.846. The maximum absolute atomic E-state index is 11.1. The largest absolute Gasteiger partial charge is 0.481 e. The number of aliphatic carboxylic acids is 1. The van der Waals surface area contributed by atoms with Gasteiger partial charge < -0.3 is 9.84 Å². The first-order chi connectivity index (χ1) is 7.99. The Morgan fingerprint density at radius 1 is 1.00 bits per heavy atom. The molecule has 17 heavy (non-hydrogen) atoms. The average Bonchev–Trinajstić information content (AvgIpc) is 2.31. The van der Waals surface area contributed by atoms with Gasteiger partial charge in [-0.2, -0.15) is 0 Å². The van der Waals surface area contributed by atoms with Crippen LogP contribution in [0.2, 0.25) is 0 Å². The van der Waals surface area contributed by atoms with E-state index in [2.05, 4.69) is 4.74 Å². The Labute approximate surface area is 103 Å². The molecular weight excluding hydrogens is 220 g/mol. The number of carboxylic acid groups (broad SMARTS) is 1.